The lowest BCUT2D eigenvalue weighted by molar-refractivity contribution is 0.521. The number of nitrogens with zero attached hydrogens (tertiary/aromatic N) is 2. The Hall–Kier alpha value is -2.79. The molecule has 0 aliphatic heterocycles. The number of hydrogen-bond donors (Lipinski definition) is 2. The van der Waals surface area contributed by atoms with Gasteiger partial charge in [0.15, 0.2) is 0 Å². The lowest BCUT2D eigenvalue weighted by atomic mass is 10.1. The molecule has 0 aliphatic carbocycles. The van der Waals surface area contributed by atoms with Gasteiger partial charge < -0.3 is 14.7 Å². The molecule has 0 bridgehead atoms. The summed E-state index contributed by atoms with van der Waals surface area (Å²) in [5.41, 5.74) is 2.95. The molecule has 2 N–H and O–H groups in total. The van der Waals surface area contributed by atoms with E-state index in [1.165, 1.54) is 0 Å². The highest BCUT2D eigenvalue weighted by Crippen LogP contribution is 2.25. The summed E-state index contributed by atoms with van der Waals surface area (Å²) in [6, 6.07) is 15.9. The fourth-order valence-corrected chi connectivity index (χ4v) is 2.68. The van der Waals surface area contributed by atoms with Gasteiger partial charge in [-0.2, -0.15) is 0 Å². The Morgan fingerprint density at radius 3 is 2.78 bits per heavy atom. The van der Waals surface area contributed by atoms with Gasteiger partial charge in [-0.1, -0.05) is 47.0 Å². The van der Waals surface area contributed by atoms with E-state index in [-0.39, 0.29) is 0 Å². The van der Waals surface area contributed by atoms with Crippen molar-refractivity contribution in [3.63, 3.8) is 0 Å². The van der Waals surface area contributed by atoms with Crippen molar-refractivity contribution >= 4 is 34.2 Å². The molecule has 0 aliphatic rings. The van der Waals surface area contributed by atoms with E-state index in [0.29, 0.717) is 23.3 Å². The first-order valence-electron chi connectivity index (χ1n) is 7.18. The van der Waals surface area contributed by atoms with E-state index in [0.717, 1.165) is 22.2 Å². The second-order valence-electron chi connectivity index (χ2n) is 5.14. The predicted molar refractivity (Wildman–Crippen MR) is 90.1 cm³/mol. The monoisotopic (exact) mass is 324 g/mol. The molecular formula is C17H13ClN4O. The van der Waals surface area contributed by atoms with Crippen LogP contribution in [0.4, 0.5) is 11.7 Å². The van der Waals surface area contributed by atoms with Crippen LogP contribution in [-0.2, 0) is 6.42 Å². The zero-order valence-electron chi connectivity index (χ0n) is 12.1. The minimum atomic E-state index is 0.327. The standard InChI is InChI=1S/C17H13ClN4O/c18-13-6-2-4-8-15(13)20-17-22-21-16(23-17)9-11-10-19-14-7-3-1-5-12(11)14/h1-8,10,19H,9H2,(H,20,22). The Kier molecular flexibility index (Phi) is 3.48. The van der Waals surface area contributed by atoms with Crippen LogP contribution < -0.4 is 5.32 Å². The number of halogens is 1. The molecule has 2 aromatic carbocycles. The smallest absolute Gasteiger partial charge is 0.320 e. The van der Waals surface area contributed by atoms with Gasteiger partial charge in [-0.3, -0.25) is 0 Å². The normalized spacial score (nSPS) is 11.0. The van der Waals surface area contributed by atoms with Crippen LogP contribution >= 0.6 is 11.6 Å². The van der Waals surface area contributed by atoms with Crippen LogP contribution in [0.2, 0.25) is 5.02 Å². The maximum atomic E-state index is 6.10. The largest absolute Gasteiger partial charge is 0.408 e. The van der Waals surface area contributed by atoms with Crippen LogP contribution in [0, 0.1) is 0 Å². The second kappa shape index (κ2) is 5.78. The Morgan fingerprint density at radius 2 is 1.87 bits per heavy atom. The summed E-state index contributed by atoms with van der Waals surface area (Å²) >= 11 is 6.10. The molecule has 0 radical (unpaired) electrons. The number of para-hydroxylation sites is 2. The minimum absolute atomic E-state index is 0.327. The van der Waals surface area contributed by atoms with E-state index in [1.54, 1.807) is 6.07 Å². The van der Waals surface area contributed by atoms with E-state index < -0.39 is 0 Å². The van der Waals surface area contributed by atoms with Gasteiger partial charge in [0.05, 0.1) is 17.1 Å². The Balaban J connectivity index is 1.55. The van der Waals surface area contributed by atoms with Crippen LogP contribution in [0.25, 0.3) is 10.9 Å². The molecule has 0 saturated heterocycles. The summed E-state index contributed by atoms with van der Waals surface area (Å²) in [5.74, 6) is 0.546. The molecule has 5 nitrogen and oxygen atoms in total. The van der Waals surface area contributed by atoms with Crippen LogP contribution in [0.5, 0.6) is 0 Å². The number of nitrogens with one attached hydrogen (secondary N) is 2. The van der Waals surface area contributed by atoms with Crippen molar-refractivity contribution in [2.45, 2.75) is 6.42 Å². The number of aromatic amines is 1. The maximum Gasteiger partial charge on any atom is 0.320 e. The molecule has 0 spiro atoms. The predicted octanol–water partition coefficient (Wildman–Crippen LogP) is 4.54. The average Bonchev–Trinajstić information content (AvgIpc) is 3.18. The molecule has 23 heavy (non-hydrogen) atoms. The van der Waals surface area contributed by atoms with E-state index in [4.69, 9.17) is 16.0 Å². The zero-order chi connectivity index (χ0) is 15.6. The van der Waals surface area contributed by atoms with Crippen molar-refractivity contribution < 1.29 is 4.42 Å². The van der Waals surface area contributed by atoms with Crippen LogP contribution in [-0.4, -0.2) is 15.2 Å². The van der Waals surface area contributed by atoms with Gasteiger partial charge in [-0.25, -0.2) is 0 Å². The highest BCUT2D eigenvalue weighted by Gasteiger charge is 2.11. The third kappa shape index (κ3) is 2.78. The molecular weight excluding hydrogens is 312 g/mol. The summed E-state index contributed by atoms with van der Waals surface area (Å²) < 4.78 is 5.66. The van der Waals surface area contributed by atoms with Crippen molar-refractivity contribution in [1.82, 2.24) is 15.2 Å². The lowest BCUT2D eigenvalue weighted by Gasteiger charge is -2.02. The number of rotatable bonds is 4. The van der Waals surface area contributed by atoms with Gasteiger partial charge in [-0.15, -0.1) is 5.10 Å². The van der Waals surface area contributed by atoms with Gasteiger partial charge in [-0.05, 0) is 23.8 Å². The Labute approximate surface area is 137 Å². The van der Waals surface area contributed by atoms with Crippen molar-refractivity contribution in [3.05, 3.63) is 71.2 Å². The van der Waals surface area contributed by atoms with Crippen molar-refractivity contribution in [3.8, 4) is 0 Å². The fourth-order valence-electron chi connectivity index (χ4n) is 2.49. The van der Waals surface area contributed by atoms with Gasteiger partial charge in [0.2, 0.25) is 5.89 Å². The Morgan fingerprint density at radius 1 is 1.04 bits per heavy atom. The topological polar surface area (TPSA) is 66.7 Å². The first kappa shape index (κ1) is 13.8. The number of fused-ring (bicyclic) bond motifs is 1. The highest BCUT2D eigenvalue weighted by molar-refractivity contribution is 6.33. The first-order chi connectivity index (χ1) is 11.3. The quantitative estimate of drug-likeness (QED) is 0.578. The van der Waals surface area contributed by atoms with Crippen LogP contribution in [0.1, 0.15) is 11.5 Å². The van der Waals surface area contributed by atoms with Gasteiger partial charge >= 0.3 is 6.01 Å². The molecule has 0 amide bonds. The molecule has 6 heteroatoms. The third-order valence-corrected chi connectivity index (χ3v) is 3.93. The van der Waals surface area contributed by atoms with Crippen molar-refractivity contribution in [2.24, 2.45) is 0 Å². The van der Waals surface area contributed by atoms with Gasteiger partial charge in [0.25, 0.3) is 0 Å². The molecule has 4 rings (SSSR count). The molecule has 0 atom stereocenters. The third-order valence-electron chi connectivity index (χ3n) is 3.60. The average molecular weight is 325 g/mol. The van der Waals surface area contributed by atoms with E-state index in [9.17, 15) is 0 Å². The second-order valence-corrected chi connectivity index (χ2v) is 5.55. The molecule has 2 heterocycles. The summed E-state index contributed by atoms with van der Waals surface area (Å²) in [6.45, 7) is 0. The van der Waals surface area contributed by atoms with E-state index in [2.05, 4.69) is 26.6 Å². The number of H-pyrrole nitrogens is 1. The number of anilines is 2. The van der Waals surface area contributed by atoms with E-state index in [1.807, 2.05) is 42.6 Å². The number of benzene rings is 2. The van der Waals surface area contributed by atoms with E-state index >= 15 is 0 Å². The van der Waals surface area contributed by atoms with Crippen LogP contribution in [0.3, 0.4) is 0 Å². The summed E-state index contributed by atoms with van der Waals surface area (Å²) in [7, 11) is 0. The van der Waals surface area contributed by atoms with Gasteiger partial charge in [0, 0.05) is 17.1 Å². The molecule has 0 unspecified atom stereocenters. The molecule has 0 saturated carbocycles. The Bertz CT molecular complexity index is 960. The molecule has 2 aromatic heterocycles. The zero-order valence-corrected chi connectivity index (χ0v) is 12.8. The maximum absolute atomic E-state index is 6.10. The van der Waals surface area contributed by atoms with Crippen molar-refractivity contribution in [2.75, 3.05) is 5.32 Å². The highest BCUT2D eigenvalue weighted by atomic mass is 35.5. The molecule has 0 fully saturated rings. The first-order valence-corrected chi connectivity index (χ1v) is 7.56. The fraction of sp³-hybridized carbons (Fsp3) is 0.0588. The minimum Gasteiger partial charge on any atom is -0.408 e. The van der Waals surface area contributed by atoms with Crippen LogP contribution in [0.15, 0.2) is 59.1 Å². The summed E-state index contributed by atoms with van der Waals surface area (Å²) in [6.07, 6.45) is 2.54. The molecule has 114 valence electrons. The van der Waals surface area contributed by atoms with Crippen molar-refractivity contribution in [1.29, 1.82) is 0 Å². The molecule has 4 aromatic rings. The van der Waals surface area contributed by atoms with Gasteiger partial charge in [0.1, 0.15) is 0 Å². The number of aromatic nitrogens is 3. The SMILES string of the molecule is Clc1ccccc1Nc1nnc(Cc2c[nH]c3ccccc23)o1. The summed E-state index contributed by atoms with van der Waals surface area (Å²) in [5, 5.41) is 12.9. The summed E-state index contributed by atoms with van der Waals surface area (Å²) in [4.78, 5) is 3.24. The number of hydrogen-bond acceptors (Lipinski definition) is 4. The lowest BCUT2D eigenvalue weighted by Crippen LogP contribution is -1.90.